The van der Waals surface area contributed by atoms with Crippen molar-refractivity contribution in [2.45, 2.75) is 36.6 Å². The molecular formula is C14H12F3N5O2S2. The van der Waals surface area contributed by atoms with Crippen LogP contribution in [0.5, 0.6) is 0 Å². The number of aromatic nitrogens is 4. The van der Waals surface area contributed by atoms with Gasteiger partial charge in [-0.25, -0.2) is 31.0 Å². The molecule has 12 heteroatoms. The predicted octanol–water partition coefficient (Wildman–Crippen LogP) is 2.78. The molecule has 0 atom stereocenters. The van der Waals surface area contributed by atoms with Gasteiger partial charge >= 0.3 is 0 Å². The molecule has 1 saturated carbocycles. The van der Waals surface area contributed by atoms with Crippen molar-refractivity contribution in [3.05, 3.63) is 29.2 Å². The standard InChI is InChI=1S/C14H12F3N5O2S2/c1-14(2-3-14)21-26(23,24)7-4-9(15)8-6-18-22(10(8)5-7)13-20-19-12(25-13)11(16)17/h4-6,11,21H,2-3H2,1H3. The number of nitrogens with zero attached hydrogens (tertiary/aromatic N) is 4. The molecule has 1 aromatic carbocycles. The van der Waals surface area contributed by atoms with Crippen LogP contribution in [-0.2, 0) is 10.0 Å². The highest BCUT2D eigenvalue weighted by atomic mass is 32.2. The molecule has 0 spiro atoms. The highest BCUT2D eigenvalue weighted by Gasteiger charge is 2.41. The van der Waals surface area contributed by atoms with Crippen LogP contribution in [0.1, 0.15) is 31.2 Å². The van der Waals surface area contributed by atoms with Gasteiger partial charge in [0.05, 0.1) is 22.0 Å². The van der Waals surface area contributed by atoms with E-state index in [1.807, 2.05) is 0 Å². The lowest BCUT2D eigenvalue weighted by Crippen LogP contribution is -2.34. The predicted molar refractivity (Wildman–Crippen MR) is 87.4 cm³/mol. The third-order valence-corrected chi connectivity index (χ3v) is 6.62. The van der Waals surface area contributed by atoms with Crippen molar-refractivity contribution >= 4 is 32.3 Å². The van der Waals surface area contributed by atoms with E-state index < -0.39 is 32.8 Å². The van der Waals surface area contributed by atoms with Crippen molar-refractivity contribution in [1.82, 2.24) is 24.7 Å². The Morgan fingerprint density at radius 1 is 1.31 bits per heavy atom. The van der Waals surface area contributed by atoms with Crippen molar-refractivity contribution < 1.29 is 21.6 Å². The molecule has 0 amide bonds. The minimum atomic E-state index is -3.94. The summed E-state index contributed by atoms with van der Waals surface area (Å²) in [6.45, 7) is 1.76. The molecule has 0 saturated heterocycles. The Kier molecular flexibility index (Phi) is 3.82. The van der Waals surface area contributed by atoms with Crippen molar-refractivity contribution in [1.29, 1.82) is 0 Å². The molecule has 0 unspecified atom stereocenters. The Bertz CT molecular complexity index is 1110. The molecule has 26 heavy (non-hydrogen) atoms. The van der Waals surface area contributed by atoms with Crippen molar-refractivity contribution in [3.63, 3.8) is 0 Å². The van der Waals surface area contributed by atoms with Crippen LogP contribution >= 0.6 is 11.3 Å². The largest absolute Gasteiger partial charge is 0.291 e. The van der Waals surface area contributed by atoms with Gasteiger partial charge in [0.15, 0.2) is 5.01 Å². The third-order valence-electron chi connectivity index (χ3n) is 4.10. The van der Waals surface area contributed by atoms with E-state index in [9.17, 15) is 21.6 Å². The van der Waals surface area contributed by atoms with E-state index in [0.29, 0.717) is 24.2 Å². The minimum absolute atomic E-state index is 0.00800. The first-order valence-electron chi connectivity index (χ1n) is 7.52. The summed E-state index contributed by atoms with van der Waals surface area (Å²) < 4.78 is 68.5. The molecule has 0 bridgehead atoms. The van der Waals surface area contributed by atoms with Crippen LogP contribution in [0.3, 0.4) is 0 Å². The molecule has 1 aliphatic rings. The number of hydrogen-bond donors (Lipinski definition) is 1. The van der Waals surface area contributed by atoms with Crippen LogP contribution in [0.2, 0.25) is 0 Å². The second-order valence-corrected chi connectivity index (χ2v) is 8.95. The van der Waals surface area contributed by atoms with Gasteiger partial charge in [0.2, 0.25) is 15.2 Å². The van der Waals surface area contributed by atoms with Gasteiger partial charge in [-0.3, -0.25) is 0 Å². The van der Waals surface area contributed by atoms with Crippen molar-refractivity contribution in [2.24, 2.45) is 0 Å². The van der Waals surface area contributed by atoms with Gasteiger partial charge in [-0.05, 0) is 31.9 Å². The van der Waals surface area contributed by atoms with E-state index in [1.54, 1.807) is 6.92 Å². The monoisotopic (exact) mass is 403 g/mol. The summed E-state index contributed by atoms with van der Waals surface area (Å²) in [7, 11) is -3.94. The second kappa shape index (κ2) is 5.72. The summed E-state index contributed by atoms with van der Waals surface area (Å²) in [6.07, 6.45) is -0.203. The molecule has 7 nitrogen and oxygen atoms in total. The Morgan fingerprint density at radius 2 is 2.04 bits per heavy atom. The minimum Gasteiger partial charge on any atom is -0.207 e. The Balaban J connectivity index is 1.82. The maximum Gasteiger partial charge on any atom is 0.291 e. The van der Waals surface area contributed by atoms with Gasteiger partial charge in [-0.2, -0.15) is 5.10 Å². The fourth-order valence-electron chi connectivity index (χ4n) is 2.44. The molecule has 1 N–H and O–H groups in total. The molecule has 0 radical (unpaired) electrons. The first-order valence-corrected chi connectivity index (χ1v) is 9.82. The number of hydrogen-bond acceptors (Lipinski definition) is 6. The zero-order chi connectivity index (χ0) is 18.7. The fourth-order valence-corrected chi connectivity index (χ4v) is 4.61. The maximum atomic E-state index is 14.4. The SMILES string of the molecule is CC1(NS(=O)(=O)c2cc(F)c3cnn(-c4nnc(C(F)F)s4)c3c2)CC1. The van der Waals surface area contributed by atoms with Crippen LogP contribution in [0.4, 0.5) is 13.2 Å². The Hall–Kier alpha value is -2.05. The van der Waals surface area contributed by atoms with Gasteiger partial charge in [-0.1, -0.05) is 11.3 Å². The van der Waals surface area contributed by atoms with E-state index >= 15 is 0 Å². The van der Waals surface area contributed by atoms with Crippen LogP contribution in [0.15, 0.2) is 23.2 Å². The third kappa shape index (κ3) is 2.97. The summed E-state index contributed by atoms with van der Waals surface area (Å²) in [6, 6.07) is 2.15. The average Bonchev–Trinajstić information content (AvgIpc) is 3.00. The number of rotatable bonds is 5. The summed E-state index contributed by atoms with van der Waals surface area (Å²) in [5.74, 6) is -0.784. The molecule has 4 rings (SSSR count). The number of sulfonamides is 1. The lowest BCUT2D eigenvalue weighted by Gasteiger charge is -2.12. The van der Waals surface area contributed by atoms with Gasteiger partial charge in [0.1, 0.15) is 5.82 Å². The van der Waals surface area contributed by atoms with E-state index in [4.69, 9.17) is 0 Å². The summed E-state index contributed by atoms with van der Waals surface area (Å²) in [5, 5.41) is 10.5. The first-order chi connectivity index (χ1) is 12.2. The van der Waals surface area contributed by atoms with Crippen LogP contribution in [0, 0.1) is 5.82 Å². The highest BCUT2D eigenvalue weighted by molar-refractivity contribution is 7.89. The lowest BCUT2D eigenvalue weighted by atomic mass is 10.2. The number of fused-ring (bicyclic) bond motifs is 1. The van der Waals surface area contributed by atoms with Crippen LogP contribution in [0.25, 0.3) is 16.0 Å². The summed E-state index contributed by atoms with van der Waals surface area (Å²) in [4.78, 5) is -0.268. The van der Waals surface area contributed by atoms with Gasteiger partial charge in [0.25, 0.3) is 6.43 Å². The zero-order valence-corrected chi connectivity index (χ0v) is 14.9. The van der Waals surface area contributed by atoms with Gasteiger partial charge in [0, 0.05) is 5.54 Å². The van der Waals surface area contributed by atoms with Gasteiger partial charge < -0.3 is 0 Å². The number of halogens is 3. The molecule has 138 valence electrons. The summed E-state index contributed by atoms with van der Waals surface area (Å²) >= 11 is 0.593. The molecule has 3 aromatic rings. The fraction of sp³-hybridized carbons (Fsp3) is 0.357. The molecule has 2 aromatic heterocycles. The van der Waals surface area contributed by atoms with E-state index in [0.717, 1.165) is 10.7 Å². The Morgan fingerprint density at radius 3 is 2.65 bits per heavy atom. The van der Waals surface area contributed by atoms with Crippen molar-refractivity contribution in [3.8, 4) is 5.13 Å². The maximum absolute atomic E-state index is 14.4. The van der Waals surface area contributed by atoms with Crippen LogP contribution < -0.4 is 4.72 Å². The van der Waals surface area contributed by atoms with Crippen LogP contribution in [-0.4, -0.2) is 33.9 Å². The molecule has 0 aliphatic heterocycles. The quantitative estimate of drug-likeness (QED) is 0.708. The lowest BCUT2D eigenvalue weighted by molar-refractivity contribution is 0.150. The molecular weight excluding hydrogens is 391 g/mol. The average molecular weight is 403 g/mol. The topological polar surface area (TPSA) is 89.8 Å². The van der Waals surface area contributed by atoms with Crippen molar-refractivity contribution in [2.75, 3.05) is 0 Å². The normalized spacial score (nSPS) is 16.5. The first kappa shape index (κ1) is 17.4. The van der Waals surface area contributed by atoms with Gasteiger partial charge in [-0.15, -0.1) is 10.2 Å². The van der Waals surface area contributed by atoms with E-state index in [1.165, 1.54) is 12.3 Å². The van der Waals surface area contributed by atoms with E-state index in [-0.39, 0.29) is 20.9 Å². The molecule has 1 fully saturated rings. The highest BCUT2D eigenvalue weighted by Crippen LogP contribution is 2.36. The number of nitrogens with one attached hydrogen (secondary N) is 1. The number of alkyl halides is 2. The Labute approximate surface area is 149 Å². The van der Waals surface area contributed by atoms with E-state index in [2.05, 4.69) is 20.0 Å². The molecule has 2 heterocycles. The number of benzene rings is 1. The summed E-state index contributed by atoms with van der Waals surface area (Å²) in [5.41, 5.74) is -0.418. The second-order valence-electron chi connectivity index (χ2n) is 6.28. The zero-order valence-electron chi connectivity index (χ0n) is 13.3. The smallest absolute Gasteiger partial charge is 0.207 e. The molecule has 1 aliphatic carbocycles.